The maximum Gasteiger partial charge on any atom is 0.138 e. The molecule has 1 N–H and O–H groups in total. The molecule has 0 saturated carbocycles. The average molecular weight is 319 g/mol. The second-order valence-corrected chi connectivity index (χ2v) is 9.71. The highest BCUT2D eigenvalue weighted by Crippen LogP contribution is 2.40. The van der Waals surface area contributed by atoms with Crippen molar-refractivity contribution in [2.24, 2.45) is 5.41 Å². The maximum absolute atomic E-state index is 12.2. The molecule has 0 aliphatic carbocycles. The summed E-state index contributed by atoms with van der Waals surface area (Å²) in [4.78, 5) is 12.2. The van der Waals surface area contributed by atoms with Crippen molar-refractivity contribution in [2.45, 2.75) is 86.0 Å². The second kappa shape index (κ2) is 6.30. The molecule has 1 aromatic carbocycles. The molecular formula is C21H34O2. The predicted octanol–water partition coefficient (Wildman–Crippen LogP) is 5.54. The largest absolute Gasteiger partial charge is 0.507 e. The van der Waals surface area contributed by atoms with E-state index in [-0.39, 0.29) is 22.0 Å². The number of hydrogen-bond donors (Lipinski definition) is 1. The Morgan fingerprint density at radius 1 is 0.870 bits per heavy atom. The monoisotopic (exact) mass is 318 g/mol. The van der Waals surface area contributed by atoms with Gasteiger partial charge in [-0.3, -0.25) is 4.79 Å². The van der Waals surface area contributed by atoms with E-state index in [0.29, 0.717) is 12.2 Å². The number of Topliss-reactive ketones (excluding diaryl/α,β-unsaturated/α-hetero) is 1. The van der Waals surface area contributed by atoms with Gasteiger partial charge in [-0.15, -0.1) is 0 Å². The highest BCUT2D eigenvalue weighted by atomic mass is 16.3. The fraction of sp³-hybridized carbons (Fsp3) is 0.667. The third-order valence-electron chi connectivity index (χ3n) is 4.26. The molecule has 0 saturated heterocycles. The summed E-state index contributed by atoms with van der Waals surface area (Å²) in [5.74, 6) is 0.677. The van der Waals surface area contributed by atoms with Crippen LogP contribution >= 0.6 is 0 Å². The Bertz CT molecular complexity index is 540. The van der Waals surface area contributed by atoms with E-state index in [0.717, 1.165) is 23.1 Å². The number of aryl methyl sites for hydroxylation is 1. The number of aromatic hydroxyl groups is 1. The highest BCUT2D eigenvalue weighted by molar-refractivity contribution is 5.83. The first kappa shape index (κ1) is 19.7. The van der Waals surface area contributed by atoms with Gasteiger partial charge in [-0.05, 0) is 33.9 Å². The molecule has 0 fully saturated rings. The number of ketones is 1. The molecule has 0 amide bonds. The molecule has 0 spiro atoms. The van der Waals surface area contributed by atoms with Gasteiger partial charge < -0.3 is 5.11 Å². The van der Waals surface area contributed by atoms with Crippen LogP contribution in [0.2, 0.25) is 0 Å². The molecule has 0 aliphatic heterocycles. The Kier molecular flexibility index (Phi) is 5.40. The lowest BCUT2D eigenvalue weighted by molar-refractivity contribution is -0.126. The van der Waals surface area contributed by atoms with E-state index in [1.807, 2.05) is 20.8 Å². The molecule has 2 heteroatoms. The molecule has 0 heterocycles. The lowest BCUT2D eigenvalue weighted by Crippen LogP contribution is -2.21. The van der Waals surface area contributed by atoms with Crippen molar-refractivity contribution in [3.8, 4) is 5.75 Å². The van der Waals surface area contributed by atoms with Gasteiger partial charge in [0.1, 0.15) is 11.5 Å². The summed E-state index contributed by atoms with van der Waals surface area (Å²) >= 11 is 0. The summed E-state index contributed by atoms with van der Waals surface area (Å²) < 4.78 is 0. The number of hydrogen-bond acceptors (Lipinski definition) is 2. The van der Waals surface area contributed by atoms with Gasteiger partial charge in [-0.1, -0.05) is 74.4 Å². The second-order valence-electron chi connectivity index (χ2n) is 9.71. The van der Waals surface area contributed by atoms with E-state index in [9.17, 15) is 9.90 Å². The van der Waals surface area contributed by atoms with Crippen LogP contribution < -0.4 is 0 Å². The van der Waals surface area contributed by atoms with E-state index in [4.69, 9.17) is 0 Å². The summed E-state index contributed by atoms with van der Waals surface area (Å²) in [5, 5.41) is 10.7. The predicted molar refractivity (Wildman–Crippen MR) is 98.3 cm³/mol. The third kappa shape index (κ3) is 5.09. The number of rotatable bonds is 3. The van der Waals surface area contributed by atoms with Gasteiger partial charge >= 0.3 is 0 Å². The van der Waals surface area contributed by atoms with Crippen LogP contribution in [0.4, 0.5) is 0 Å². The number of benzene rings is 1. The fourth-order valence-corrected chi connectivity index (χ4v) is 2.61. The summed E-state index contributed by atoms with van der Waals surface area (Å²) in [6.45, 7) is 18.6. The Morgan fingerprint density at radius 3 is 1.57 bits per heavy atom. The molecule has 23 heavy (non-hydrogen) atoms. The number of phenolic OH excluding ortho intramolecular Hbond substituents is 1. The minimum Gasteiger partial charge on any atom is -0.507 e. The maximum atomic E-state index is 12.2. The number of carbonyl (C=O) groups excluding carboxylic acids is 1. The summed E-state index contributed by atoms with van der Waals surface area (Å²) in [5.41, 5.74) is 2.50. The van der Waals surface area contributed by atoms with Gasteiger partial charge in [-0.25, -0.2) is 0 Å². The zero-order chi connectivity index (χ0) is 18.2. The van der Waals surface area contributed by atoms with Crippen molar-refractivity contribution in [2.75, 3.05) is 0 Å². The van der Waals surface area contributed by atoms with Crippen molar-refractivity contribution < 1.29 is 9.90 Å². The van der Waals surface area contributed by atoms with Gasteiger partial charge in [0.05, 0.1) is 0 Å². The van der Waals surface area contributed by atoms with Gasteiger partial charge in [0.25, 0.3) is 0 Å². The van der Waals surface area contributed by atoms with Crippen LogP contribution in [0.15, 0.2) is 12.1 Å². The van der Waals surface area contributed by atoms with E-state index in [1.165, 1.54) is 0 Å². The lowest BCUT2D eigenvalue weighted by Gasteiger charge is -2.28. The first-order chi connectivity index (χ1) is 10.1. The molecule has 130 valence electrons. The molecule has 0 bridgehead atoms. The van der Waals surface area contributed by atoms with Gasteiger partial charge in [0.2, 0.25) is 0 Å². The van der Waals surface area contributed by atoms with Gasteiger partial charge in [0, 0.05) is 11.8 Å². The molecule has 1 aromatic rings. The van der Waals surface area contributed by atoms with Crippen LogP contribution in [0.3, 0.4) is 0 Å². The first-order valence-corrected chi connectivity index (χ1v) is 8.54. The number of phenols is 1. The van der Waals surface area contributed by atoms with Crippen LogP contribution in [0.5, 0.6) is 5.75 Å². The van der Waals surface area contributed by atoms with Crippen molar-refractivity contribution in [3.63, 3.8) is 0 Å². The van der Waals surface area contributed by atoms with E-state index in [1.54, 1.807) is 0 Å². The van der Waals surface area contributed by atoms with Crippen LogP contribution in [0.25, 0.3) is 0 Å². The molecule has 0 unspecified atom stereocenters. The Balaban J connectivity index is 3.27. The van der Waals surface area contributed by atoms with Crippen LogP contribution in [0, 0.1) is 5.41 Å². The quantitative estimate of drug-likeness (QED) is 0.795. The molecule has 0 atom stereocenters. The summed E-state index contributed by atoms with van der Waals surface area (Å²) in [6.07, 6.45) is 1.27. The van der Waals surface area contributed by atoms with Crippen molar-refractivity contribution in [1.82, 2.24) is 0 Å². The Labute approximate surface area is 142 Å². The molecule has 0 aromatic heterocycles. The third-order valence-corrected chi connectivity index (χ3v) is 4.26. The topological polar surface area (TPSA) is 37.3 Å². The van der Waals surface area contributed by atoms with Crippen LogP contribution in [0.1, 0.15) is 85.4 Å². The molecule has 0 aliphatic rings. The zero-order valence-corrected chi connectivity index (χ0v) is 16.4. The number of carbonyl (C=O) groups is 1. The van der Waals surface area contributed by atoms with Crippen LogP contribution in [-0.4, -0.2) is 10.9 Å². The van der Waals surface area contributed by atoms with Crippen molar-refractivity contribution >= 4 is 5.78 Å². The first-order valence-electron chi connectivity index (χ1n) is 8.54. The van der Waals surface area contributed by atoms with Gasteiger partial charge in [-0.2, -0.15) is 0 Å². The Hall–Kier alpha value is -1.31. The van der Waals surface area contributed by atoms with Crippen LogP contribution in [-0.2, 0) is 22.0 Å². The minimum absolute atomic E-state index is 0.131. The molecular weight excluding hydrogens is 284 g/mol. The zero-order valence-electron chi connectivity index (χ0n) is 16.4. The van der Waals surface area contributed by atoms with Crippen molar-refractivity contribution in [3.05, 3.63) is 28.8 Å². The SMILES string of the molecule is CC(C)(C)C(=O)CCc1cc(C(C)(C)C)c(O)c(C(C)(C)C)c1. The van der Waals surface area contributed by atoms with Crippen molar-refractivity contribution in [1.29, 1.82) is 0 Å². The fourth-order valence-electron chi connectivity index (χ4n) is 2.61. The Morgan fingerprint density at radius 2 is 1.26 bits per heavy atom. The highest BCUT2D eigenvalue weighted by Gasteiger charge is 2.27. The van der Waals surface area contributed by atoms with E-state index >= 15 is 0 Å². The summed E-state index contributed by atoms with van der Waals surface area (Å²) in [6, 6.07) is 4.14. The van der Waals surface area contributed by atoms with Gasteiger partial charge in [0.15, 0.2) is 0 Å². The molecule has 1 rings (SSSR count). The van der Waals surface area contributed by atoms with E-state index < -0.39 is 0 Å². The average Bonchev–Trinajstić information content (AvgIpc) is 2.32. The smallest absolute Gasteiger partial charge is 0.138 e. The normalized spacial score (nSPS) is 13.3. The molecule has 2 nitrogen and oxygen atoms in total. The minimum atomic E-state index is -0.295. The molecule has 0 radical (unpaired) electrons. The summed E-state index contributed by atoms with van der Waals surface area (Å²) in [7, 11) is 0. The lowest BCUT2D eigenvalue weighted by atomic mass is 9.77. The standard InChI is InChI=1S/C21H34O2/c1-19(2,3)15-12-14(10-11-17(22)21(7,8)9)13-16(18(15)23)20(4,5)6/h12-13,23H,10-11H2,1-9H3. The van der Waals surface area contributed by atoms with E-state index in [2.05, 4.69) is 53.7 Å².